The Labute approximate surface area is 183 Å². The second-order valence-corrected chi connectivity index (χ2v) is 8.14. The Morgan fingerprint density at radius 1 is 1.17 bits per heavy atom. The molecule has 0 saturated heterocycles. The van der Waals surface area contributed by atoms with E-state index >= 15 is 0 Å². The lowest BCUT2D eigenvalue weighted by atomic mass is 10.2. The molecular weight excluding hydrogens is 451 g/mol. The van der Waals surface area contributed by atoms with Gasteiger partial charge < -0.3 is 9.88 Å². The number of thiazole rings is 1. The number of nitrogens with zero attached hydrogens (tertiary/aromatic N) is 5. The van der Waals surface area contributed by atoms with Crippen LogP contribution in [-0.4, -0.2) is 29.6 Å². The van der Waals surface area contributed by atoms with Crippen LogP contribution in [0, 0.1) is 0 Å². The molecule has 12 heteroatoms. The van der Waals surface area contributed by atoms with Gasteiger partial charge >= 0.3 is 5.69 Å². The maximum Gasteiger partial charge on any atom is 0.332 e. The summed E-state index contributed by atoms with van der Waals surface area (Å²) in [6.45, 7) is -0.161. The number of benzene rings is 1. The number of halogens is 2. The van der Waals surface area contributed by atoms with Gasteiger partial charge in [-0.15, -0.1) is 11.3 Å². The van der Waals surface area contributed by atoms with E-state index in [0.717, 1.165) is 10.1 Å². The first-order valence-electron chi connectivity index (χ1n) is 8.58. The highest BCUT2D eigenvalue weighted by Gasteiger charge is 2.17. The third-order valence-corrected chi connectivity index (χ3v) is 5.99. The first kappa shape index (κ1) is 20.3. The van der Waals surface area contributed by atoms with E-state index in [1.54, 1.807) is 23.6 Å². The molecule has 0 aliphatic heterocycles. The van der Waals surface area contributed by atoms with Crippen molar-refractivity contribution in [1.82, 2.24) is 23.7 Å². The van der Waals surface area contributed by atoms with Crippen molar-refractivity contribution in [3.63, 3.8) is 0 Å². The number of hydrogen-bond donors (Lipinski definition) is 1. The van der Waals surface area contributed by atoms with Gasteiger partial charge in [0.2, 0.25) is 5.91 Å². The minimum absolute atomic E-state index is 0.161. The number of fused-ring (bicyclic) bond motifs is 1. The van der Waals surface area contributed by atoms with Crippen LogP contribution in [-0.2, 0) is 25.4 Å². The van der Waals surface area contributed by atoms with Crippen LogP contribution >= 0.6 is 34.5 Å². The van der Waals surface area contributed by atoms with Crippen LogP contribution in [0.5, 0.6) is 0 Å². The fraction of sp³-hybridized carbons (Fsp3) is 0.167. The van der Waals surface area contributed by atoms with Crippen LogP contribution in [0.25, 0.3) is 22.4 Å². The zero-order valence-electron chi connectivity index (χ0n) is 15.7. The monoisotopic (exact) mass is 464 g/mol. The molecule has 30 heavy (non-hydrogen) atoms. The SMILES string of the molecule is Cn1c(=O)c2c(ncn2CC(=O)Nc2nc(-c3ccc(Cl)c(Cl)c3)cs2)n(C)c1=O. The topological polar surface area (TPSA) is 104 Å². The van der Waals surface area contributed by atoms with Gasteiger partial charge in [-0.3, -0.25) is 18.7 Å². The molecule has 1 N–H and O–H groups in total. The number of aromatic nitrogens is 5. The normalized spacial score (nSPS) is 11.2. The molecule has 0 spiro atoms. The molecule has 1 aromatic carbocycles. The van der Waals surface area contributed by atoms with Gasteiger partial charge in [-0.1, -0.05) is 29.3 Å². The molecule has 1 amide bonds. The Kier molecular flexibility index (Phi) is 5.22. The van der Waals surface area contributed by atoms with Gasteiger partial charge in [0.05, 0.1) is 22.1 Å². The van der Waals surface area contributed by atoms with Gasteiger partial charge in [0.25, 0.3) is 5.56 Å². The average molecular weight is 465 g/mol. The van der Waals surface area contributed by atoms with E-state index in [2.05, 4.69) is 15.3 Å². The summed E-state index contributed by atoms with van der Waals surface area (Å²) >= 11 is 13.2. The molecule has 3 heterocycles. The van der Waals surface area contributed by atoms with Crippen LogP contribution < -0.4 is 16.6 Å². The largest absolute Gasteiger partial charge is 0.332 e. The molecule has 3 aromatic heterocycles. The molecule has 0 fully saturated rings. The maximum absolute atomic E-state index is 12.5. The number of aryl methyl sites for hydroxylation is 1. The molecule has 0 aliphatic carbocycles. The smallest absolute Gasteiger partial charge is 0.315 e. The number of carbonyl (C=O) groups excluding carboxylic acids is 1. The number of carbonyl (C=O) groups is 1. The van der Waals surface area contributed by atoms with Crippen molar-refractivity contribution in [2.45, 2.75) is 6.54 Å². The second kappa shape index (κ2) is 7.71. The lowest BCUT2D eigenvalue weighted by molar-refractivity contribution is -0.116. The number of anilines is 1. The summed E-state index contributed by atoms with van der Waals surface area (Å²) in [5, 5.41) is 5.74. The van der Waals surface area contributed by atoms with E-state index in [1.807, 2.05) is 0 Å². The fourth-order valence-electron chi connectivity index (χ4n) is 2.95. The van der Waals surface area contributed by atoms with Crippen LogP contribution in [0.2, 0.25) is 10.0 Å². The summed E-state index contributed by atoms with van der Waals surface area (Å²) in [4.78, 5) is 45.5. The Morgan fingerprint density at radius 2 is 1.93 bits per heavy atom. The number of nitrogens with one attached hydrogen (secondary N) is 1. The quantitative estimate of drug-likeness (QED) is 0.499. The van der Waals surface area contributed by atoms with Gasteiger partial charge in [-0.2, -0.15) is 0 Å². The molecule has 0 atom stereocenters. The highest BCUT2D eigenvalue weighted by molar-refractivity contribution is 7.14. The van der Waals surface area contributed by atoms with E-state index in [1.165, 1.54) is 40.9 Å². The Hall–Kier alpha value is -2.95. The first-order valence-corrected chi connectivity index (χ1v) is 10.2. The summed E-state index contributed by atoms with van der Waals surface area (Å²) in [5.41, 5.74) is 0.795. The van der Waals surface area contributed by atoms with Crippen molar-refractivity contribution in [3.8, 4) is 11.3 Å². The third kappa shape index (κ3) is 3.53. The maximum atomic E-state index is 12.5. The predicted molar refractivity (Wildman–Crippen MR) is 116 cm³/mol. The predicted octanol–water partition coefficient (Wildman–Crippen LogP) is 2.50. The second-order valence-electron chi connectivity index (χ2n) is 6.47. The Balaban J connectivity index is 1.56. The lowest BCUT2D eigenvalue weighted by Crippen LogP contribution is -2.37. The summed E-state index contributed by atoms with van der Waals surface area (Å²) in [6, 6.07) is 5.16. The number of hydrogen-bond acceptors (Lipinski definition) is 6. The molecule has 9 nitrogen and oxygen atoms in total. The van der Waals surface area contributed by atoms with E-state index in [0.29, 0.717) is 20.9 Å². The van der Waals surface area contributed by atoms with Crippen molar-refractivity contribution in [3.05, 3.63) is 60.8 Å². The van der Waals surface area contributed by atoms with Crippen molar-refractivity contribution in [2.24, 2.45) is 14.1 Å². The van der Waals surface area contributed by atoms with E-state index in [9.17, 15) is 14.4 Å². The number of rotatable bonds is 4. The molecule has 0 unspecified atom stereocenters. The summed E-state index contributed by atoms with van der Waals surface area (Å²) < 4.78 is 3.64. The van der Waals surface area contributed by atoms with Crippen LogP contribution in [0.3, 0.4) is 0 Å². The molecule has 4 aromatic rings. The minimum Gasteiger partial charge on any atom is -0.315 e. The molecular formula is C18H14Cl2N6O3S. The highest BCUT2D eigenvalue weighted by Crippen LogP contribution is 2.30. The highest BCUT2D eigenvalue weighted by atomic mass is 35.5. The third-order valence-electron chi connectivity index (χ3n) is 4.50. The van der Waals surface area contributed by atoms with Crippen LogP contribution in [0.1, 0.15) is 0 Å². The van der Waals surface area contributed by atoms with Crippen LogP contribution in [0.4, 0.5) is 5.13 Å². The fourth-order valence-corrected chi connectivity index (χ4v) is 3.98. The standard InChI is InChI=1S/C18H14Cl2N6O3S/c1-24-15-14(16(28)25(2)18(24)29)26(8-21-15)6-13(27)23-17-22-12(7-30-17)9-3-4-10(19)11(20)5-9/h3-5,7-8H,6H2,1-2H3,(H,22,23,27). The van der Waals surface area contributed by atoms with E-state index in [-0.39, 0.29) is 23.6 Å². The molecule has 0 bridgehead atoms. The van der Waals surface area contributed by atoms with Gasteiger partial charge in [0.15, 0.2) is 16.3 Å². The van der Waals surface area contributed by atoms with Crippen molar-refractivity contribution in [1.29, 1.82) is 0 Å². The van der Waals surface area contributed by atoms with E-state index < -0.39 is 11.2 Å². The van der Waals surface area contributed by atoms with Crippen molar-refractivity contribution < 1.29 is 4.79 Å². The summed E-state index contributed by atoms with van der Waals surface area (Å²) in [6.07, 6.45) is 1.36. The summed E-state index contributed by atoms with van der Waals surface area (Å²) in [5.74, 6) is -0.389. The summed E-state index contributed by atoms with van der Waals surface area (Å²) in [7, 11) is 2.89. The van der Waals surface area contributed by atoms with Gasteiger partial charge in [-0.05, 0) is 12.1 Å². The lowest BCUT2D eigenvalue weighted by Gasteiger charge is -2.06. The Bertz CT molecular complexity index is 1420. The molecule has 4 rings (SSSR count). The van der Waals surface area contributed by atoms with Gasteiger partial charge in [0.1, 0.15) is 6.54 Å². The Morgan fingerprint density at radius 3 is 2.67 bits per heavy atom. The zero-order chi connectivity index (χ0) is 21.6. The average Bonchev–Trinajstić information content (AvgIpc) is 3.34. The van der Waals surface area contributed by atoms with Gasteiger partial charge in [0, 0.05) is 25.0 Å². The van der Waals surface area contributed by atoms with Crippen LogP contribution in [0.15, 0.2) is 39.5 Å². The molecule has 0 radical (unpaired) electrons. The number of imidazole rings is 1. The van der Waals surface area contributed by atoms with Gasteiger partial charge in [-0.25, -0.2) is 14.8 Å². The van der Waals surface area contributed by atoms with Crippen molar-refractivity contribution in [2.75, 3.05) is 5.32 Å². The number of amides is 1. The molecule has 0 saturated carbocycles. The minimum atomic E-state index is -0.519. The van der Waals surface area contributed by atoms with E-state index in [4.69, 9.17) is 23.2 Å². The zero-order valence-corrected chi connectivity index (χ0v) is 18.0. The van der Waals surface area contributed by atoms with Crippen molar-refractivity contribution >= 4 is 56.7 Å². The first-order chi connectivity index (χ1) is 14.3. The molecule has 0 aliphatic rings. The molecule has 154 valence electrons.